The number of carbonyl (C=O) groups is 1. The van der Waals surface area contributed by atoms with Crippen LogP contribution in [-0.4, -0.2) is 18.1 Å². The Morgan fingerprint density at radius 2 is 2.12 bits per heavy atom. The third-order valence-corrected chi connectivity index (χ3v) is 2.28. The van der Waals surface area contributed by atoms with Crippen LogP contribution < -0.4 is 0 Å². The summed E-state index contributed by atoms with van der Waals surface area (Å²) in [4.78, 5) is 14.7. The van der Waals surface area contributed by atoms with Crippen molar-refractivity contribution >= 4 is 28.6 Å². The van der Waals surface area contributed by atoms with Crippen LogP contribution in [0.1, 0.15) is 11.3 Å². The fraction of sp³-hybridized carbons (Fsp3) is 0.333. The number of pyridine rings is 1. The summed E-state index contributed by atoms with van der Waals surface area (Å²) in [6, 6.07) is 1.76. The lowest BCUT2D eigenvalue weighted by Gasteiger charge is -2.08. The number of methoxy groups -OCH3 is 1. The number of aromatic nitrogens is 1. The summed E-state index contributed by atoms with van der Waals surface area (Å²) in [5, 5.41) is 0. The van der Waals surface area contributed by atoms with Crippen LogP contribution in [0.15, 0.2) is 12.1 Å². The molecular weight excluding hydrogens is 338 g/mol. The maximum atomic E-state index is 12.4. The average molecular weight is 345 g/mol. The summed E-state index contributed by atoms with van der Waals surface area (Å²) in [6.07, 6.45) is -4.70. The highest BCUT2D eigenvalue weighted by Gasteiger charge is 2.31. The van der Waals surface area contributed by atoms with E-state index < -0.39 is 17.7 Å². The molecule has 1 heterocycles. The topological polar surface area (TPSA) is 39.2 Å². The Kier molecular flexibility index (Phi) is 4.11. The minimum absolute atomic E-state index is 0.0473. The molecule has 7 heteroatoms. The molecule has 0 atom stereocenters. The summed E-state index contributed by atoms with van der Waals surface area (Å²) < 4.78 is 41.8. The summed E-state index contributed by atoms with van der Waals surface area (Å²) in [5.41, 5.74) is -0.767. The van der Waals surface area contributed by atoms with Gasteiger partial charge in [0.1, 0.15) is 3.70 Å². The van der Waals surface area contributed by atoms with E-state index in [4.69, 9.17) is 0 Å². The maximum Gasteiger partial charge on any atom is 0.416 e. The first-order valence-electron chi connectivity index (χ1n) is 4.13. The maximum absolute atomic E-state index is 12.4. The Balaban J connectivity index is 3.04. The van der Waals surface area contributed by atoms with Crippen LogP contribution in [0.4, 0.5) is 13.2 Å². The highest BCUT2D eigenvalue weighted by Crippen LogP contribution is 2.30. The number of carbonyl (C=O) groups excluding carboxylic acids is 1. The SMILES string of the molecule is COC(=O)Cc1cc(C(F)(F)F)cc(I)n1. The molecule has 16 heavy (non-hydrogen) atoms. The van der Waals surface area contributed by atoms with Crippen molar-refractivity contribution in [1.82, 2.24) is 4.98 Å². The molecule has 0 aliphatic rings. The first-order valence-corrected chi connectivity index (χ1v) is 5.21. The van der Waals surface area contributed by atoms with Gasteiger partial charge in [-0.2, -0.15) is 13.2 Å². The van der Waals surface area contributed by atoms with Gasteiger partial charge in [0.2, 0.25) is 0 Å². The minimum Gasteiger partial charge on any atom is -0.469 e. The van der Waals surface area contributed by atoms with Gasteiger partial charge < -0.3 is 4.74 Å². The Bertz CT molecular complexity index is 406. The summed E-state index contributed by atoms with van der Waals surface area (Å²) >= 11 is 1.67. The molecule has 0 amide bonds. The minimum atomic E-state index is -4.44. The van der Waals surface area contributed by atoms with E-state index in [0.717, 1.165) is 12.1 Å². The van der Waals surface area contributed by atoms with Crippen molar-refractivity contribution in [3.05, 3.63) is 27.1 Å². The first kappa shape index (κ1) is 13.2. The summed E-state index contributed by atoms with van der Waals surface area (Å²) in [5.74, 6) is -0.623. The summed E-state index contributed by atoms with van der Waals surface area (Å²) in [7, 11) is 1.17. The van der Waals surface area contributed by atoms with Crippen LogP contribution in [-0.2, 0) is 22.1 Å². The van der Waals surface area contributed by atoms with Gasteiger partial charge in [-0.15, -0.1) is 0 Å². The van der Waals surface area contributed by atoms with E-state index >= 15 is 0 Å². The molecular formula is C9H7F3INO2. The van der Waals surface area contributed by atoms with Gasteiger partial charge in [0.25, 0.3) is 0 Å². The largest absolute Gasteiger partial charge is 0.469 e. The fourth-order valence-electron chi connectivity index (χ4n) is 1.03. The van der Waals surface area contributed by atoms with Gasteiger partial charge in [0, 0.05) is 0 Å². The molecule has 0 aliphatic heterocycles. The Hall–Kier alpha value is -0.860. The van der Waals surface area contributed by atoms with E-state index in [-0.39, 0.29) is 15.8 Å². The highest BCUT2D eigenvalue weighted by atomic mass is 127. The van der Waals surface area contributed by atoms with Crippen LogP contribution in [0.2, 0.25) is 0 Å². The van der Waals surface area contributed by atoms with E-state index in [1.54, 1.807) is 22.6 Å². The number of esters is 1. The van der Waals surface area contributed by atoms with Gasteiger partial charge in [-0.1, -0.05) is 0 Å². The molecule has 0 fully saturated rings. The molecule has 0 bridgehead atoms. The van der Waals surface area contributed by atoms with E-state index in [0.29, 0.717) is 0 Å². The van der Waals surface area contributed by atoms with Crippen LogP contribution >= 0.6 is 22.6 Å². The lowest BCUT2D eigenvalue weighted by molar-refractivity contribution is -0.140. The van der Waals surface area contributed by atoms with Crippen molar-refractivity contribution in [3.63, 3.8) is 0 Å². The Morgan fingerprint density at radius 3 is 2.62 bits per heavy atom. The van der Waals surface area contributed by atoms with Gasteiger partial charge in [-0.3, -0.25) is 4.79 Å². The standard InChI is InChI=1S/C9H7F3INO2/c1-16-8(15)4-6-2-5(9(10,11)12)3-7(13)14-6/h2-3H,4H2,1H3. The number of ether oxygens (including phenoxy) is 1. The number of hydrogen-bond acceptors (Lipinski definition) is 3. The van der Waals surface area contributed by atoms with Crippen molar-refractivity contribution in [1.29, 1.82) is 0 Å². The number of hydrogen-bond donors (Lipinski definition) is 0. The van der Waals surface area contributed by atoms with Crippen molar-refractivity contribution in [2.24, 2.45) is 0 Å². The summed E-state index contributed by atoms with van der Waals surface area (Å²) in [6.45, 7) is 0. The number of alkyl halides is 3. The zero-order valence-electron chi connectivity index (χ0n) is 8.14. The Labute approximate surface area is 103 Å². The predicted molar refractivity (Wildman–Crippen MR) is 57.7 cm³/mol. The van der Waals surface area contributed by atoms with Crippen LogP contribution in [0, 0.1) is 3.70 Å². The van der Waals surface area contributed by atoms with Crippen molar-refractivity contribution in [3.8, 4) is 0 Å². The molecule has 0 aliphatic carbocycles. The molecule has 1 aromatic heterocycles. The molecule has 0 unspecified atom stereocenters. The second-order valence-corrected chi connectivity index (χ2v) is 4.03. The van der Waals surface area contributed by atoms with Gasteiger partial charge in [-0.25, -0.2) is 4.98 Å². The van der Waals surface area contributed by atoms with E-state index in [9.17, 15) is 18.0 Å². The smallest absolute Gasteiger partial charge is 0.416 e. The third-order valence-electron chi connectivity index (χ3n) is 1.73. The predicted octanol–water partition coefficient (Wildman–Crippen LogP) is 2.42. The van der Waals surface area contributed by atoms with Gasteiger partial charge in [0.15, 0.2) is 0 Å². The van der Waals surface area contributed by atoms with E-state index in [1.807, 2.05) is 0 Å². The van der Waals surface area contributed by atoms with Gasteiger partial charge >= 0.3 is 12.1 Å². The average Bonchev–Trinajstić information content (AvgIpc) is 2.15. The molecule has 0 saturated carbocycles. The number of rotatable bonds is 2. The van der Waals surface area contributed by atoms with Crippen LogP contribution in [0.25, 0.3) is 0 Å². The van der Waals surface area contributed by atoms with Crippen molar-refractivity contribution in [2.75, 3.05) is 7.11 Å². The molecule has 1 aromatic rings. The van der Waals surface area contributed by atoms with Crippen LogP contribution in [0.3, 0.4) is 0 Å². The zero-order valence-corrected chi connectivity index (χ0v) is 10.3. The van der Waals surface area contributed by atoms with E-state index in [2.05, 4.69) is 9.72 Å². The molecule has 1 rings (SSSR count). The van der Waals surface area contributed by atoms with Crippen molar-refractivity contribution in [2.45, 2.75) is 12.6 Å². The molecule has 0 saturated heterocycles. The number of halogens is 4. The quantitative estimate of drug-likeness (QED) is 0.470. The van der Waals surface area contributed by atoms with Crippen molar-refractivity contribution < 1.29 is 22.7 Å². The van der Waals surface area contributed by atoms with Gasteiger partial charge in [0.05, 0.1) is 24.8 Å². The molecule has 3 nitrogen and oxygen atoms in total. The second kappa shape index (κ2) is 4.98. The third kappa shape index (κ3) is 3.62. The second-order valence-electron chi connectivity index (χ2n) is 2.92. The zero-order chi connectivity index (χ0) is 12.3. The highest BCUT2D eigenvalue weighted by molar-refractivity contribution is 14.1. The molecule has 0 spiro atoms. The van der Waals surface area contributed by atoms with Gasteiger partial charge in [-0.05, 0) is 34.7 Å². The Morgan fingerprint density at radius 1 is 1.50 bits per heavy atom. The lowest BCUT2D eigenvalue weighted by atomic mass is 10.2. The fourth-order valence-corrected chi connectivity index (χ4v) is 1.67. The molecule has 88 valence electrons. The van der Waals surface area contributed by atoms with Crippen LogP contribution in [0.5, 0.6) is 0 Å². The normalized spacial score (nSPS) is 11.3. The monoisotopic (exact) mass is 345 g/mol. The molecule has 0 radical (unpaired) electrons. The number of nitrogens with zero attached hydrogens (tertiary/aromatic N) is 1. The molecule has 0 N–H and O–H groups in total. The first-order chi connectivity index (χ1) is 7.32. The lowest BCUT2D eigenvalue weighted by Crippen LogP contribution is -2.11. The van der Waals surface area contributed by atoms with E-state index in [1.165, 1.54) is 7.11 Å². The molecule has 0 aromatic carbocycles.